The van der Waals surface area contributed by atoms with Gasteiger partial charge in [0.05, 0.1) is 19.9 Å². The maximum absolute atomic E-state index is 13.6. The van der Waals surface area contributed by atoms with Gasteiger partial charge in [0.2, 0.25) is 0 Å². The molecule has 0 radical (unpaired) electrons. The van der Waals surface area contributed by atoms with E-state index in [0.29, 0.717) is 45.5 Å². The molecule has 1 aromatic heterocycles. The van der Waals surface area contributed by atoms with Gasteiger partial charge in [-0.2, -0.15) is 0 Å². The number of hydrogen-bond donors (Lipinski definition) is 2. The summed E-state index contributed by atoms with van der Waals surface area (Å²) in [7, 11) is 3.09. The Bertz CT molecular complexity index is 1270. The Balaban J connectivity index is 1.52. The van der Waals surface area contributed by atoms with Crippen LogP contribution >= 0.6 is 0 Å². The van der Waals surface area contributed by atoms with E-state index < -0.39 is 0 Å². The molecule has 4 rings (SSSR count). The first-order valence-electron chi connectivity index (χ1n) is 10.0. The molecule has 0 aliphatic rings. The fourth-order valence-corrected chi connectivity index (χ4v) is 3.20. The van der Waals surface area contributed by atoms with E-state index in [1.807, 2.05) is 6.07 Å². The molecule has 0 spiro atoms. The molecule has 0 atom stereocenters. The van der Waals surface area contributed by atoms with E-state index in [2.05, 4.69) is 20.6 Å². The SMILES string of the molecule is COc1cc(NC(=O)c2cccc(Nc3cc(-c4cccc(F)c4)ncn3)c2)cc(OC)c1. The quantitative estimate of drug-likeness (QED) is 0.403. The predicted octanol–water partition coefficient (Wildman–Crippen LogP) is 5.30. The molecular formula is C25H21FN4O3. The van der Waals surface area contributed by atoms with E-state index in [-0.39, 0.29) is 11.7 Å². The number of benzene rings is 3. The van der Waals surface area contributed by atoms with Crippen LogP contribution in [0.25, 0.3) is 11.3 Å². The van der Waals surface area contributed by atoms with E-state index >= 15 is 0 Å². The first-order chi connectivity index (χ1) is 16.0. The zero-order chi connectivity index (χ0) is 23.2. The average Bonchev–Trinajstić information content (AvgIpc) is 2.84. The number of methoxy groups -OCH3 is 2. The molecule has 1 amide bonds. The van der Waals surface area contributed by atoms with E-state index in [9.17, 15) is 9.18 Å². The van der Waals surface area contributed by atoms with Crippen molar-refractivity contribution >= 4 is 23.1 Å². The number of aromatic nitrogens is 2. The fourth-order valence-electron chi connectivity index (χ4n) is 3.20. The first-order valence-corrected chi connectivity index (χ1v) is 10.0. The second kappa shape index (κ2) is 9.78. The van der Waals surface area contributed by atoms with Crippen molar-refractivity contribution in [3.63, 3.8) is 0 Å². The van der Waals surface area contributed by atoms with Gasteiger partial charge in [-0.3, -0.25) is 4.79 Å². The number of nitrogens with zero attached hydrogens (tertiary/aromatic N) is 2. The lowest BCUT2D eigenvalue weighted by Crippen LogP contribution is -2.12. The van der Waals surface area contributed by atoms with Crippen LogP contribution in [0.4, 0.5) is 21.6 Å². The molecule has 8 heteroatoms. The van der Waals surface area contributed by atoms with Crippen molar-refractivity contribution in [3.05, 3.63) is 90.5 Å². The highest BCUT2D eigenvalue weighted by molar-refractivity contribution is 6.05. The minimum Gasteiger partial charge on any atom is -0.497 e. The molecule has 1 heterocycles. The average molecular weight is 444 g/mol. The van der Waals surface area contributed by atoms with Gasteiger partial charge in [0.15, 0.2) is 0 Å². The smallest absolute Gasteiger partial charge is 0.255 e. The van der Waals surface area contributed by atoms with E-state index in [1.54, 1.807) is 68.8 Å². The Morgan fingerprint density at radius 2 is 1.61 bits per heavy atom. The Morgan fingerprint density at radius 3 is 2.33 bits per heavy atom. The third-order valence-electron chi connectivity index (χ3n) is 4.79. The van der Waals surface area contributed by atoms with Crippen LogP contribution in [0.5, 0.6) is 11.5 Å². The van der Waals surface area contributed by atoms with Crippen molar-refractivity contribution in [1.82, 2.24) is 9.97 Å². The van der Waals surface area contributed by atoms with Crippen molar-refractivity contribution in [3.8, 4) is 22.8 Å². The Kier molecular flexibility index (Phi) is 6.45. The molecule has 33 heavy (non-hydrogen) atoms. The summed E-state index contributed by atoms with van der Waals surface area (Å²) >= 11 is 0. The molecule has 4 aromatic rings. The molecule has 0 unspecified atom stereocenters. The monoisotopic (exact) mass is 444 g/mol. The normalized spacial score (nSPS) is 10.4. The maximum atomic E-state index is 13.6. The van der Waals surface area contributed by atoms with Crippen molar-refractivity contribution in [2.24, 2.45) is 0 Å². The van der Waals surface area contributed by atoms with Gasteiger partial charge in [0, 0.05) is 46.8 Å². The van der Waals surface area contributed by atoms with Gasteiger partial charge < -0.3 is 20.1 Å². The van der Waals surface area contributed by atoms with E-state index in [0.717, 1.165) is 0 Å². The molecule has 0 saturated heterocycles. The molecule has 7 nitrogen and oxygen atoms in total. The third kappa shape index (κ3) is 5.43. The van der Waals surface area contributed by atoms with Crippen molar-refractivity contribution in [2.75, 3.05) is 24.9 Å². The van der Waals surface area contributed by atoms with Crippen molar-refractivity contribution < 1.29 is 18.7 Å². The van der Waals surface area contributed by atoms with Gasteiger partial charge in [-0.15, -0.1) is 0 Å². The van der Waals surface area contributed by atoms with Crippen LogP contribution in [0.2, 0.25) is 0 Å². The number of halogens is 1. The predicted molar refractivity (Wildman–Crippen MR) is 125 cm³/mol. The summed E-state index contributed by atoms with van der Waals surface area (Å²) < 4.78 is 24.0. The highest BCUT2D eigenvalue weighted by Gasteiger charge is 2.10. The van der Waals surface area contributed by atoms with Gasteiger partial charge in [-0.1, -0.05) is 18.2 Å². The van der Waals surface area contributed by atoms with E-state index in [4.69, 9.17) is 9.47 Å². The van der Waals surface area contributed by atoms with Crippen LogP contribution < -0.4 is 20.1 Å². The molecular weight excluding hydrogens is 423 g/mol. The number of anilines is 3. The van der Waals surface area contributed by atoms with Crippen molar-refractivity contribution in [2.45, 2.75) is 0 Å². The number of ether oxygens (including phenoxy) is 2. The largest absolute Gasteiger partial charge is 0.497 e. The zero-order valence-electron chi connectivity index (χ0n) is 18.0. The second-order valence-corrected chi connectivity index (χ2v) is 7.06. The number of carbonyl (C=O) groups is 1. The highest BCUT2D eigenvalue weighted by Crippen LogP contribution is 2.27. The van der Waals surface area contributed by atoms with Crippen LogP contribution in [-0.2, 0) is 0 Å². The lowest BCUT2D eigenvalue weighted by atomic mass is 10.1. The molecule has 166 valence electrons. The highest BCUT2D eigenvalue weighted by atomic mass is 19.1. The van der Waals surface area contributed by atoms with Gasteiger partial charge in [0.1, 0.15) is 29.5 Å². The van der Waals surface area contributed by atoms with Gasteiger partial charge in [-0.25, -0.2) is 14.4 Å². The van der Waals surface area contributed by atoms with Crippen LogP contribution in [0.15, 0.2) is 79.1 Å². The number of rotatable bonds is 7. The third-order valence-corrected chi connectivity index (χ3v) is 4.79. The Hall–Kier alpha value is -4.46. The Labute approximate surface area is 190 Å². The van der Waals surface area contributed by atoms with Gasteiger partial charge >= 0.3 is 0 Å². The zero-order valence-corrected chi connectivity index (χ0v) is 18.0. The molecule has 0 bridgehead atoms. The molecule has 0 aliphatic carbocycles. The fraction of sp³-hybridized carbons (Fsp3) is 0.0800. The molecule has 0 aliphatic heterocycles. The second-order valence-electron chi connectivity index (χ2n) is 7.06. The Morgan fingerprint density at radius 1 is 0.848 bits per heavy atom. The first kappa shape index (κ1) is 21.8. The minimum atomic E-state index is -0.340. The summed E-state index contributed by atoms with van der Waals surface area (Å²) in [4.78, 5) is 21.2. The number of amides is 1. The summed E-state index contributed by atoms with van der Waals surface area (Å²) in [5, 5.41) is 6.01. The summed E-state index contributed by atoms with van der Waals surface area (Å²) in [6, 6.07) is 20.0. The number of hydrogen-bond acceptors (Lipinski definition) is 6. The maximum Gasteiger partial charge on any atom is 0.255 e. The van der Waals surface area contributed by atoms with Gasteiger partial charge in [-0.05, 0) is 30.3 Å². The van der Waals surface area contributed by atoms with Crippen LogP contribution in [0, 0.1) is 5.82 Å². The summed E-state index contributed by atoms with van der Waals surface area (Å²) in [5.41, 5.74) is 2.87. The van der Waals surface area contributed by atoms with Gasteiger partial charge in [0.25, 0.3) is 5.91 Å². The van der Waals surface area contributed by atoms with Crippen molar-refractivity contribution in [1.29, 1.82) is 0 Å². The molecule has 0 saturated carbocycles. The minimum absolute atomic E-state index is 0.294. The summed E-state index contributed by atoms with van der Waals surface area (Å²) in [6.07, 6.45) is 1.40. The standard InChI is InChI=1S/C25H21FN4O3/c1-32-21-11-20(12-22(13-21)33-2)30-25(31)17-6-4-8-19(10-17)29-24-14-23(27-15-28-24)16-5-3-7-18(26)9-16/h3-15H,1-2H3,(H,30,31)(H,27,28,29). The topological polar surface area (TPSA) is 85.4 Å². The molecule has 2 N–H and O–H groups in total. The lowest BCUT2D eigenvalue weighted by molar-refractivity contribution is 0.102. The summed E-state index contributed by atoms with van der Waals surface area (Å²) in [6.45, 7) is 0. The van der Waals surface area contributed by atoms with Crippen LogP contribution in [-0.4, -0.2) is 30.1 Å². The molecule has 3 aromatic carbocycles. The summed E-state index contributed by atoms with van der Waals surface area (Å²) in [5.74, 6) is 1.01. The number of carbonyl (C=O) groups excluding carboxylic acids is 1. The van der Waals surface area contributed by atoms with Crippen LogP contribution in [0.1, 0.15) is 10.4 Å². The number of nitrogens with one attached hydrogen (secondary N) is 2. The lowest BCUT2D eigenvalue weighted by Gasteiger charge is -2.11. The van der Waals surface area contributed by atoms with Crippen LogP contribution in [0.3, 0.4) is 0 Å². The molecule has 0 fully saturated rings. The van der Waals surface area contributed by atoms with E-state index in [1.165, 1.54) is 18.5 Å².